The van der Waals surface area contributed by atoms with Gasteiger partial charge in [-0.15, -0.1) is 11.3 Å². The molecule has 2 N–H and O–H groups in total. The molecule has 1 heterocycles. The molecular weight excluding hydrogens is 388 g/mol. The molecule has 1 aliphatic carbocycles. The van der Waals surface area contributed by atoms with Crippen LogP contribution in [0.3, 0.4) is 0 Å². The van der Waals surface area contributed by atoms with Gasteiger partial charge in [-0.3, -0.25) is 4.79 Å². The summed E-state index contributed by atoms with van der Waals surface area (Å²) in [7, 11) is 1.56. The van der Waals surface area contributed by atoms with E-state index in [1.165, 1.54) is 4.88 Å². The molecule has 1 aromatic heterocycles. The van der Waals surface area contributed by atoms with Crippen molar-refractivity contribution in [2.75, 3.05) is 20.2 Å². The smallest absolute Gasteiger partial charge is 0.407 e. The summed E-state index contributed by atoms with van der Waals surface area (Å²) in [6.45, 7) is 2.96. The highest BCUT2D eigenvalue weighted by Crippen LogP contribution is 2.42. The first-order valence-electron chi connectivity index (χ1n) is 9.97. The Morgan fingerprint density at radius 3 is 2.55 bits per heavy atom. The lowest BCUT2D eigenvalue weighted by Gasteiger charge is -2.39. The molecule has 29 heavy (non-hydrogen) atoms. The molecule has 0 spiro atoms. The minimum Gasteiger partial charge on any atom is -0.496 e. The van der Waals surface area contributed by atoms with E-state index in [0.29, 0.717) is 24.4 Å². The number of carbonyl (C=O) groups excluding carboxylic acids is 2. The molecule has 0 aliphatic heterocycles. The molecule has 2 aromatic rings. The number of alkyl carbamates (subject to hydrolysis) is 1. The van der Waals surface area contributed by atoms with Gasteiger partial charge < -0.3 is 20.1 Å². The minimum atomic E-state index is -0.356. The summed E-state index contributed by atoms with van der Waals surface area (Å²) in [6, 6.07) is 11.4. The van der Waals surface area contributed by atoms with E-state index in [-0.39, 0.29) is 23.5 Å². The van der Waals surface area contributed by atoms with Gasteiger partial charge in [0.25, 0.3) is 5.91 Å². The number of rotatable bonds is 7. The Kier molecular flexibility index (Phi) is 7.14. The second-order valence-corrected chi connectivity index (χ2v) is 8.22. The van der Waals surface area contributed by atoms with Gasteiger partial charge in [-0.2, -0.15) is 0 Å². The third kappa shape index (κ3) is 5.09. The fourth-order valence-electron chi connectivity index (χ4n) is 3.87. The predicted octanol–water partition coefficient (Wildman–Crippen LogP) is 4.11. The zero-order chi connectivity index (χ0) is 20.7. The first kappa shape index (κ1) is 21.2. The van der Waals surface area contributed by atoms with Gasteiger partial charge in [-0.05, 0) is 56.2 Å². The highest BCUT2D eigenvalue weighted by Gasteiger charge is 2.39. The van der Waals surface area contributed by atoms with E-state index in [0.717, 1.165) is 25.7 Å². The summed E-state index contributed by atoms with van der Waals surface area (Å²) < 4.78 is 10.8. The number of ether oxygens (including phenoxy) is 2. The zero-order valence-corrected chi connectivity index (χ0v) is 17.7. The van der Waals surface area contributed by atoms with Crippen LogP contribution in [0.25, 0.3) is 0 Å². The van der Waals surface area contributed by atoms with Crippen LogP contribution in [0.4, 0.5) is 4.79 Å². The maximum absolute atomic E-state index is 12.8. The number of thiophene rings is 1. The lowest BCUT2D eigenvalue weighted by atomic mass is 9.72. The monoisotopic (exact) mass is 416 g/mol. The second kappa shape index (κ2) is 9.78. The number of carbonyl (C=O) groups is 2. The molecule has 7 heteroatoms. The number of benzene rings is 1. The van der Waals surface area contributed by atoms with E-state index >= 15 is 0 Å². The number of amides is 2. The topological polar surface area (TPSA) is 76.7 Å². The molecule has 6 nitrogen and oxygen atoms in total. The summed E-state index contributed by atoms with van der Waals surface area (Å²) in [6.07, 6.45) is 2.82. The van der Waals surface area contributed by atoms with E-state index in [1.807, 2.05) is 25.1 Å². The molecule has 156 valence electrons. The molecule has 0 bridgehead atoms. The van der Waals surface area contributed by atoms with E-state index in [4.69, 9.17) is 9.47 Å². The third-order valence-corrected chi connectivity index (χ3v) is 6.58. The van der Waals surface area contributed by atoms with Gasteiger partial charge >= 0.3 is 6.09 Å². The van der Waals surface area contributed by atoms with Crippen molar-refractivity contribution in [2.24, 2.45) is 0 Å². The van der Waals surface area contributed by atoms with Crippen LogP contribution in [-0.2, 0) is 10.2 Å². The quantitative estimate of drug-likeness (QED) is 0.712. The van der Waals surface area contributed by atoms with Crippen LogP contribution < -0.4 is 15.4 Å². The highest BCUT2D eigenvalue weighted by molar-refractivity contribution is 7.10. The summed E-state index contributed by atoms with van der Waals surface area (Å²) >= 11 is 1.71. The molecule has 1 fully saturated rings. The van der Waals surface area contributed by atoms with E-state index < -0.39 is 0 Å². The van der Waals surface area contributed by atoms with Crippen LogP contribution in [0.15, 0.2) is 41.8 Å². The van der Waals surface area contributed by atoms with Crippen LogP contribution in [0.2, 0.25) is 0 Å². The lowest BCUT2D eigenvalue weighted by Crippen LogP contribution is -2.44. The van der Waals surface area contributed by atoms with Crippen LogP contribution in [-0.4, -0.2) is 38.3 Å². The fraction of sp³-hybridized carbons (Fsp3) is 0.455. The largest absolute Gasteiger partial charge is 0.496 e. The SMILES string of the molecule is CCNC(=O)O[C@H]1CC[C@@](CNC(=O)c2ccccc2OC)(c2cccs2)CC1. The Balaban J connectivity index is 1.68. The van der Waals surface area contributed by atoms with Crippen molar-refractivity contribution >= 4 is 23.3 Å². The molecular formula is C22H28N2O4S. The molecule has 1 aliphatic rings. The number of hydrogen-bond acceptors (Lipinski definition) is 5. The highest BCUT2D eigenvalue weighted by atomic mass is 32.1. The molecule has 0 atom stereocenters. The standard InChI is InChI=1S/C22H28N2O4S/c1-3-23-21(26)28-16-10-12-22(13-11-16,19-9-6-14-29-19)15-24-20(25)17-7-4-5-8-18(17)27-2/h4-9,14,16H,3,10-13,15H2,1-2H3,(H,23,26)(H,24,25)/t16-,22+. The van der Waals surface area contributed by atoms with E-state index in [1.54, 1.807) is 30.6 Å². The van der Waals surface area contributed by atoms with Crippen LogP contribution in [0, 0.1) is 0 Å². The Bertz CT molecular complexity index is 814. The van der Waals surface area contributed by atoms with E-state index in [2.05, 4.69) is 22.1 Å². The van der Waals surface area contributed by atoms with Gasteiger partial charge in [0.1, 0.15) is 11.9 Å². The van der Waals surface area contributed by atoms with E-state index in [9.17, 15) is 9.59 Å². The Labute approximate surface area is 175 Å². The zero-order valence-electron chi connectivity index (χ0n) is 16.9. The number of nitrogens with one attached hydrogen (secondary N) is 2. The average molecular weight is 417 g/mol. The second-order valence-electron chi connectivity index (χ2n) is 7.28. The molecule has 3 rings (SSSR count). The Morgan fingerprint density at radius 1 is 1.14 bits per heavy atom. The van der Waals surface area contributed by atoms with Crippen molar-refractivity contribution in [3.05, 3.63) is 52.2 Å². The lowest BCUT2D eigenvalue weighted by molar-refractivity contribution is 0.0573. The number of methoxy groups -OCH3 is 1. The van der Waals surface area contributed by atoms with Gasteiger partial charge in [0.05, 0.1) is 12.7 Å². The summed E-state index contributed by atoms with van der Waals surface area (Å²) in [5.41, 5.74) is 0.386. The summed E-state index contributed by atoms with van der Waals surface area (Å²) in [5.74, 6) is 0.424. The van der Waals surface area contributed by atoms with Gasteiger partial charge in [0.15, 0.2) is 0 Å². The van der Waals surface area contributed by atoms with Gasteiger partial charge in [-0.1, -0.05) is 18.2 Å². The van der Waals surface area contributed by atoms with Gasteiger partial charge in [0, 0.05) is 23.4 Å². The van der Waals surface area contributed by atoms with Gasteiger partial charge in [-0.25, -0.2) is 4.79 Å². The molecule has 0 unspecified atom stereocenters. The van der Waals surface area contributed by atoms with Gasteiger partial charge in [0.2, 0.25) is 0 Å². The Morgan fingerprint density at radius 2 is 1.90 bits per heavy atom. The number of hydrogen-bond donors (Lipinski definition) is 2. The van der Waals surface area contributed by atoms with Crippen molar-refractivity contribution in [1.29, 1.82) is 0 Å². The molecule has 0 saturated heterocycles. The molecule has 0 radical (unpaired) electrons. The maximum atomic E-state index is 12.8. The van der Waals surface area contributed by atoms with Crippen molar-refractivity contribution in [2.45, 2.75) is 44.1 Å². The third-order valence-electron chi connectivity index (χ3n) is 5.47. The van der Waals surface area contributed by atoms with Crippen LogP contribution in [0.5, 0.6) is 5.75 Å². The normalized spacial score (nSPS) is 21.2. The molecule has 2 amide bonds. The van der Waals surface area contributed by atoms with Crippen molar-refractivity contribution in [3.63, 3.8) is 0 Å². The molecule has 1 saturated carbocycles. The van der Waals surface area contributed by atoms with Crippen molar-refractivity contribution in [1.82, 2.24) is 10.6 Å². The van der Waals surface area contributed by atoms with Crippen molar-refractivity contribution < 1.29 is 19.1 Å². The summed E-state index contributed by atoms with van der Waals surface area (Å²) in [4.78, 5) is 25.8. The number of para-hydroxylation sites is 1. The van der Waals surface area contributed by atoms with Crippen LogP contribution in [0.1, 0.15) is 47.8 Å². The minimum absolute atomic E-state index is 0.0837. The predicted molar refractivity (Wildman–Crippen MR) is 114 cm³/mol. The maximum Gasteiger partial charge on any atom is 0.407 e. The summed E-state index contributed by atoms with van der Waals surface area (Å²) in [5, 5.41) is 7.86. The first-order valence-corrected chi connectivity index (χ1v) is 10.9. The van der Waals surface area contributed by atoms with Crippen molar-refractivity contribution in [3.8, 4) is 5.75 Å². The first-order chi connectivity index (χ1) is 14.1. The average Bonchev–Trinajstić information content (AvgIpc) is 3.29. The molecule has 1 aromatic carbocycles. The van der Waals surface area contributed by atoms with Crippen LogP contribution >= 0.6 is 11.3 Å². The Hall–Kier alpha value is -2.54. The fourth-order valence-corrected chi connectivity index (χ4v) is 4.85.